The van der Waals surface area contributed by atoms with Crippen LogP contribution in [0.4, 0.5) is 0 Å². The van der Waals surface area contributed by atoms with E-state index in [0.717, 1.165) is 6.20 Å². The van der Waals surface area contributed by atoms with Gasteiger partial charge in [0.15, 0.2) is 5.03 Å². The van der Waals surface area contributed by atoms with Crippen molar-refractivity contribution >= 4 is 16.0 Å². The largest absolute Gasteiger partial charge is 0.462 e. The molecule has 10 heteroatoms. The smallest absolute Gasteiger partial charge is 0.342 e. The minimum atomic E-state index is -4.03. The summed E-state index contributed by atoms with van der Waals surface area (Å²) in [4.78, 5) is 16.1. The van der Waals surface area contributed by atoms with Gasteiger partial charge in [-0.25, -0.2) is 13.2 Å². The number of esters is 1. The van der Waals surface area contributed by atoms with Gasteiger partial charge in [-0.15, -0.1) is 0 Å². The Bertz CT molecular complexity index is 791. The Labute approximate surface area is 146 Å². The number of hydrogen-bond acceptors (Lipinski definition) is 7. The van der Waals surface area contributed by atoms with Gasteiger partial charge in [0.05, 0.1) is 31.6 Å². The SMILES string of the molecule is CCOC(=O)c1cn[nH]c1S(=O)(=O)N(CCOC)Cc1ccccn1. The summed E-state index contributed by atoms with van der Waals surface area (Å²) < 4.78 is 37.0. The standard InChI is InChI=1S/C15H20N4O5S/c1-3-24-15(20)13-10-17-18-14(13)25(21,22)19(8-9-23-2)11-12-6-4-5-7-16-12/h4-7,10H,3,8-9,11H2,1-2H3,(H,17,18). The summed E-state index contributed by atoms with van der Waals surface area (Å²) in [6.45, 7) is 2.09. The second-order valence-electron chi connectivity index (χ2n) is 4.99. The highest BCUT2D eigenvalue weighted by Crippen LogP contribution is 2.20. The molecule has 2 rings (SSSR count). The molecule has 0 bridgehead atoms. The van der Waals surface area contributed by atoms with E-state index >= 15 is 0 Å². The summed E-state index contributed by atoms with van der Waals surface area (Å²) in [5.74, 6) is -0.751. The molecule has 0 aliphatic heterocycles. The van der Waals surface area contributed by atoms with Gasteiger partial charge in [0, 0.05) is 19.9 Å². The molecule has 0 unspecified atom stereocenters. The Morgan fingerprint density at radius 3 is 2.80 bits per heavy atom. The minimum absolute atomic E-state index is 0.0355. The van der Waals surface area contributed by atoms with Crippen LogP contribution in [0.1, 0.15) is 23.0 Å². The molecule has 0 radical (unpaired) electrons. The van der Waals surface area contributed by atoms with Crippen molar-refractivity contribution in [3.8, 4) is 0 Å². The molecule has 0 saturated heterocycles. The Kier molecular flexibility index (Phi) is 6.62. The Balaban J connectivity index is 2.35. The lowest BCUT2D eigenvalue weighted by molar-refractivity contribution is 0.0521. The van der Waals surface area contributed by atoms with E-state index in [0.29, 0.717) is 5.69 Å². The van der Waals surface area contributed by atoms with E-state index < -0.39 is 16.0 Å². The fourth-order valence-electron chi connectivity index (χ4n) is 2.10. The lowest BCUT2D eigenvalue weighted by Crippen LogP contribution is -2.35. The average Bonchev–Trinajstić information content (AvgIpc) is 3.10. The number of pyridine rings is 1. The van der Waals surface area contributed by atoms with Crippen molar-refractivity contribution in [2.75, 3.05) is 26.9 Å². The van der Waals surface area contributed by atoms with Crippen molar-refractivity contribution in [1.29, 1.82) is 0 Å². The summed E-state index contributed by atoms with van der Waals surface area (Å²) >= 11 is 0. The quantitative estimate of drug-likeness (QED) is 0.652. The van der Waals surface area contributed by atoms with Crippen LogP contribution in [0, 0.1) is 0 Å². The summed E-state index contributed by atoms with van der Waals surface area (Å²) in [6, 6.07) is 5.23. The second-order valence-corrected chi connectivity index (χ2v) is 6.86. The number of aromatic amines is 1. The number of rotatable bonds is 9. The first-order chi connectivity index (χ1) is 12.0. The van der Waals surface area contributed by atoms with E-state index in [9.17, 15) is 13.2 Å². The second kappa shape index (κ2) is 8.70. The normalized spacial score (nSPS) is 11.6. The van der Waals surface area contributed by atoms with Gasteiger partial charge < -0.3 is 9.47 Å². The van der Waals surface area contributed by atoms with Gasteiger partial charge >= 0.3 is 5.97 Å². The van der Waals surface area contributed by atoms with Crippen LogP contribution < -0.4 is 0 Å². The number of sulfonamides is 1. The Hall–Kier alpha value is -2.30. The van der Waals surface area contributed by atoms with Gasteiger partial charge in [0.1, 0.15) is 5.56 Å². The zero-order chi connectivity index (χ0) is 18.3. The highest BCUT2D eigenvalue weighted by Gasteiger charge is 2.32. The minimum Gasteiger partial charge on any atom is -0.462 e. The molecular weight excluding hydrogens is 348 g/mol. The lowest BCUT2D eigenvalue weighted by atomic mass is 10.3. The molecule has 0 spiro atoms. The van der Waals surface area contributed by atoms with Crippen LogP contribution in [-0.4, -0.2) is 60.7 Å². The van der Waals surface area contributed by atoms with E-state index in [-0.39, 0.29) is 36.9 Å². The van der Waals surface area contributed by atoms with Gasteiger partial charge in [-0.05, 0) is 19.1 Å². The first kappa shape index (κ1) is 19.0. The van der Waals surface area contributed by atoms with Crippen LogP contribution in [-0.2, 0) is 26.0 Å². The summed E-state index contributed by atoms with van der Waals surface area (Å²) in [7, 11) is -2.55. The van der Waals surface area contributed by atoms with Gasteiger partial charge in [0.2, 0.25) is 0 Å². The van der Waals surface area contributed by atoms with Crippen LogP contribution in [0.25, 0.3) is 0 Å². The lowest BCUT2D eigenvalue weighted by Gasteiger charge is -2.21. The van der Waals surface area contributed by atoms with Crippen molar-refractivity contribution in [2.24, 2.45) is 0 Å². The third-order valence-electron chi connectivity index (χ3n) is 3.31. The van der Waals surface area contributed by atoms with Gasteiger partial charge in [-0.1, -0.05) is 6.07 Å². The maximum absolute atomic E-state index is 13.0. The molecule has 0 saturated carbocycles. The number of carbonyl (C=O) groups is 1. The molecular formula is C15H20N4O5S. The van der Waals surface area contributed by atoms with E-state index in [1.165, 1.54) is 11.4 Å². The monoisotopic (exact) mass is 368 g/mol. The molecule has 136 valence electrons. The predicted octanol–water partition coefficient (Wildman–Crippen LogP) is 0.819. The van der Waals surface area contributed by atoms with Crippen molar-refractivity contribution in [3.05, 3.63) is 41.9 Å². The summed E-state index contributed by atoms with van der Waals surface area (Å²) in [5.41, 5.74) is 0.435. The molecule has 2 aromatic heterocycles. The molecule has 0 aliphatic carbocycles. The van der Waals surface area contributed by atoms with Crippen LogP contribution in [0.2, 0.25) is 0 Å². The first-order valence-corrected chi connectivity index (χ1v) is 9.04. The maximum atomic E-state index is 13.0. The van der Waals surface area contributed by atoms with Crippen LogP contribution in [0.15, 0.2) is 35.6 Å². The van der Waals surface area contributed by atoms with E-state index in [1.807, 2.05) is 0 Å². The van der Waals surface area contributed by atoms with Gasteiger partial charge in [-0.3, -0.25) is 10.1 Å². The number of nitrogens with one attached hydrogen (secondary N) is 1. The third-order valence-corrected chi connectivity index (χ3v) is 5.13. The van der Waals surface area contributed by atoms with E-state index in [2.05, 4.69) is 15.2 Å². The fourth-order valence-corrected chi connectivity index (χ4v) is 3.56. The topological polar surface area (TPSA) is 114 Å². The number of methoxy groups -OCH3 is 1. The molecule has 9 nitrogen and oxygen atoms in total. The Morgan fingerprint density at radius 2 is 2.16 bits per heavy atom. The van der Waals surface area contributed by atoms with Crippen molar-refractivity contribution < 1.29 is 22.7 Å². The van der Waals surface area contributed by atoms with E-state index in [4.69, 9.17) is 9.47 Å². The zero-order valence-corrected chi connectivity index (χ0v) is 14.8. The number of nitrogens with zero attached hydrogens (tertiary/aromatic N) is 3. The van der Waals surface area contributed by atoms with Crippen molar-refractivity contribution in [2.45, 2.75) is 18.5 Å². The van der Waals surface area contributed by atoms with Crippen LogP contribution in [0.5, 0.6) is 0 Å². The third kappa shape index (κ3) is 4.62. The first-order valence-electron chi connectivity index (χ1n) is 7.60. The summed E-state index contributed by atoms with van der Waals surface area (Å²) in [6.07, 6.45) is 2.72. The summed E-state index contributed by atoms with van der Waals surface area (Å²) in [5, 5.41) is 5.76. The highest BCUT2D eigenvalue weighted by atomic mass is 32.2. The van der Waals surface area contributed by atoms with Crippen LogP contribution >= 0.6 is 0 Å². The van der Waals surface area contributed by atoms with Gasteiger partial charge in [-0.2, -0.15) is 9.40 Å². The maximum Gasteiger partial charge on any atom is 0.342 e. The molecule has 0 aliphatic rings. The molecule has 0 fully saturated rings. The predicted molar refractivity (Wildman–Crippen MR) is 88.3 cm³/mol. The van der Waals surface area contributed by atoms with E-state index in [1.54, 1.807) is 31.3 Å². The molecule has 1 N–H and O–H groups in total. The average molecular weight is 368 g/mol. The molecule has 2 aromatic rings. The van der Waals surface area contributed by atoms with Crippen molar-refractivity contribution in [3.63, 3.8) is 0 Å². The number of hydrogen-bond donors (Lipinski definition) is 1. The number of ether oxygens (including phenoxy) is 2. The zero-order valence-electron chi connectivity index (χ0n) is 14.0. The number of aromatic nitrogens is 3. The molecule has 0 aromatic carbocycles. The number of H-pyrrole nitrogens is 1. The van der Waals surface area contributed by atoms with Gasteiger partial charge in [0.25, 0.3) is 10.0 Å². The van der Waals surface area contributed by atoms with Crippen molar-refractivity contribution in [1.82, 2.24) is 19.5 Å². The highest BCUT2D eigenvalue weighted by molar-refractivity contribution is 7.89. The molecule has 0 amide bonds. The fraction of sp³-hybridized carbons (Fsp3) is 0.400. The number of carbonyl (C=O) groups excluding carboxylic acids is 1. The molecule has 0 atom stereocenters. The molecule has 25 heavy (non-hydrogen) atoms. The Morgan fingerprint density at radius 1 is 1.36 bits per heavy atom. The van der Waals surface area contributed by atoms with Crippen LogP contribution in [0.3, 0.4) is 0 Å². The molecule has 2 heterocycles.